The Morgan fingerprint density at radius 3 is 2.58 bits per heavy atom. The molecule has 0 bridgehead atoms. The lowest BCUT2D eigenvalue weighted by atomic mass is 10.1. The highest BCUT2D eigenvalue weighted by molar-refractivity contribution is 7.12. The van der Waals surface area contributed by atoms with Gasteiger partial charge in [-0.25, -0.2) is 4.98 Å². The molecule has 0 spiro atoms. The molecule has 0 aliphatic rings. The molecule has 2 aromatic rings. The molecular weight excluding hydrogens is 258 g/mol. The predicted octanol–water partition coefficient (Wildman–Crippen LogP) is 3.53. The zero-order valence-corrected chi connectivity index (χ0v) is 12.2. The first-order valence-corrected chi connectivity index (χ1v) is 7.10. The quantitative estimate of drug-likeness (QED) is 0.801. The van der Waals surface area contributed by atoms with Crippen molar-refractivity contribution in [2.45, 2.75) is 27.2 Å². The third-order valence-electron chi connectivity index (χ3n) is 2.77. The Morgan fingerprint density at radius 1 is 1.26 bits per heavy atom. The van der Waals surface area contributed by atoms with Crippen molar-refractivity contribution in [1.29, 1.82) is 0 Å². The molecule has 1 heterocycles. The number of hydrogen-bond acceptors (Lipinski definition) is 4. The minimum Gasteiger partial charge on any atom is -0.466 e. The van der Waals surface area contributed by atoms with Crippen LogP contribution in [0.3, 0.4) is 0 Å². The SMILES string of the molecule is CCOC(=O)Cc1nc(-c2ccc(C)cc2)c(C)s1. The molecule has 0 aliphatic heterocycles. The van der Waals surface area contributed by atoms with Crippen LogP contribution in [-0.4, -0.2) is 17.6 Å². The maximum atomic E-state index is 11.5. The van der Waals surface area contributed by atoms with E-state index in [0.29, 0.717) is 6.61 Å². The van der Waals surface area contributed by atoms with Crippen LogP contribution in [0, 0.1) is 13.8 Å². The molecule has 0 N–H and O–H groups in total. The van der Waals surface area contributed by atoms with E-state index in [4.69, 9.17) is 4.74 Å². The number of ether oxygens (including phenoxy) is 1. The van der Waals surface area contributed by atoms with Crippen LogP contribution in [0.1, 0.15) is 22.4 Å². The smallest absolute Gasteiger partial charge is 0.312 e. The highest BCUT2D eigenvalue weighted by atomic mass is 32.1. The molecule has 100 valence electrons. The first-order chi connectivity index (χ1) is 9.10. The number of benzene rings is 1. The highest BCUT2D eigenvalue weighted by Gasteiger charge is 2.13. The monoisotopic (exact) mass is 275 g/mol. The average Bonchev–Trinajstić information content (AvgIpc) is 2.71. The first kappa shape index (κ1) is 13.7. The van der Waals surface area contributed by atoms with Gasteiger partial charge in [0.05, 0.1) is 18.7 Å². The van der Waals surface area contributed by atoms with E-state index < -0.39 is 0 Å². The van der Waals surface area contributed by atoms with Crippen molar-refractivity contribution >= 4 is 17.3 Å². The molecule has 3 nitrogen and oxygen atoms in total. The number of aromatic nitrogens is 1. The molecule has 0 aliphatic carbocycles. The van der Waals surface area contributed by atoms with Gasteiger partial charge in [0, 0.05) is 10.4 Å². The van der Waals surface area contributed by atoms with Gasteiger partial charge in [-0.2, -0.15) is 0 Å². The minimum atomic E-state index is -0.216. The molecule has 2 rings (SSSR count). The van der Waals surface area contributed by atoms with E-state index in [-0.39, 0.29) is 12.4 Å². The number of thiazole rings is 1. The number of carbonyl (C=O) groups excluding carboxylic acids is 1. The summed E-state index contributed by atoms with van der Waals surface area (Å²) in [5.41, 5.74) is 3.28. The standard InChI is InChI=1S/C15H17NO2S/c1-4-18-14(17)9-13-16-15(11(3)19-13)12-7-5-10(2)6-8-12/h5-8H,4,9H2,1-3H3. The van der Waals surface area contributed by atoms with E-state index in [0.717, 1.165) is 21.1 Å². The van der Waals surface area contributed by atoms with Gasteiger partial charge in [-0.15, -0.1) is 11.3 Å². The van der Waals surface area contributed by atoms with Crippen LogP contribution in [0.4, 0.5) is 0 Å². The molecule has 0 fully saturated rings. The van der Waals surface area contributed by atoms with Crippen molar-refractivity contribution in [2.75, 3.05) is 6.61 Å². The molecule has 0 atom stereocenters. The molecule has 0 saturated heterocycles. The highest BCUT2D eigenvalue weighted by Crippen LogP contribution is 2.28. The van der Waals surface area contributed by atoms with Gasteiger partial charge in [-0.05, 0) is 20.8 Å². The second-order valence-electron chi connectivity index (χ2n) is 4.36. The van der Waals surface area contributed by atoms with Crippen molar-refractivity contribution in [3.05, 3.63) is 39.7 Å². The van der Waals surface area contributed by atoms with Crippen molar-refractivity contribution < 1.29 is 9.53 Å². The van der Waals surface area contributed by atoms with E-state index in [1.807, 2.05) is 13.8 Å². The summed E-state index contributed by atoms with van der Waals surface area (Å²) in [7, 11) is 0. The summed E-state index contributed by atoms with van der Waals surface area (Å²) in [4.78, 5) is 17.1. The number of hydrogen-bond donors (Lipinski definition) is 0. The molecule has 19 heavy (non-hydrogen) atoms. The Labute approximate surface area is 117 Å². The number of carbonyl (C=O) groups is 1. The van der Waals surface area contributed by atoms with Gasteiger partial charge in [-0.3, -0.25) is 4.79 Å². The number of rotatable bonds is 4. The molecule has 0 saturated carbocycles. The topological polar surface area (TPSA) is 39.2 Å². The summed E-state index contributed by atoms with van der Waals surface area (Å²) < 4.78 is 4.94. The van der Waals surface area contributed by atoms with Gasteiger partial charge in [0.2, 0.25) is 0 Å². The largest absolute Gasteiger partial charge is 0.466 e. The molecule has 4 heteroatoms. The van der Waals surface area contributed by atoms with Crippen LogP contribution in [0.5, 0.6) is 0 Å². The van der Waals surface area contributed by atoms with Gasteiger partial charge < -0.3 is 4.74 Å². The summed E-state index contributed by atoms with van der Waals surface area (Å²) in [6.45, 7) is 6.31. The molecule has 0 unspecified atom stereocenters. The van der Waals surface area contributed by atoms with Crippen molar-refractivity contribution in [3.63, 3.8) is 0 Å². The molecule has 0 amide bonds. The second kappa shape index (κ2) is 5.97. The maximum Gasteiger partial charge on any atom is 0.312 e. The molecule has 0 radical (unpaired) electrons. The lowest BCUT2D eigenvalue weighted by molar-refractivity contribution is -0.142. The van der Waals surface area contributed by atoms with E-state index in [9.17, 15) is 4.79 Å². The van der Waals surface area contributed by atoms with Crippen LogP contribution in [0.25, 0.3) is 11.3 Å². The van der Waals surface area contributed by atoms with E-state index >= 15 is 0 Å². The van der Waals surface area contributed by atoms with Crippen molar-refractivity contribution in [2.24, 2.45) is 0 Å². The van der Waals surface area contributed by atoms with Crippen LogP contribution < -0.4 is 0 Å². The zero-order valence-electron chi connectivity index (χ0n) is 11.4. The summed E-state index contributed by atoms with van der Waals surface area (Å²) in [5, 5.41) is 0.812. The molecule has 1 aromatic carbocycles. The third kappa shape index (κ3) is 3.41. The van der Waals surface area contributed by atoms with E-state index in [1.165, 1.54) is 5.56 Å². The van der Waals surface area contributed by atoms with Gasteiger partial charge in [0.15, 0.2) is 0 Å². The lowest BCUT2D eigenvalue weighted by Crippen LogP contribution is -2.07. The normalized spacial score (nSPS) is 10.5. The fourth-order valence-corrected chi connectivity index (χ4v) is 2.78. The number of esters is 1. The first-order valence-electron chi connectivity index (χ1n) is 6.29. The lowest BCUT2D eigenvalue weighted by Gasteiger charge is -1.99. The minimum absolute atomic E-state index is 0.216. The van der Waals surface area contributed by atoms with Gasteiger partial charge >= 0.3 is 5.97 Å². The average molecular weight is 275 g/mol. The Morgan fingerprint density at radius 2 is 1.95 bits per heavy atom. The predicted molar refractivity (Wildman–Crippen MR) is 77.4 cm³/mol. The summed E-state index contributed by atoms with van der Waals surface area (Å²) in [6, 6.07) is 8.26. The van der Waals surface area contributed by atoms with Crippen LogP contribution in [0.15, 0.2) is 24.3 Å². The van der Waals surface area contributed by atoms with Crippen molar-refractivity contribution in [1.82, 2.24) is 4.98 Å². The fourth-order valence-electron chi connectivity index (χ4n) is 1.84. The Hall–Kier alpha value is -1.68. The summed E-state index contributed by atoms with van der Waals surface area (Å²) in [5.74, 6) is -0.216. The van der Waals surface area contributed by atoms with Crippen LogP contribution in [-0.2, 0) is 16.0 Å². The van der Waals surface area contributed by atoms with Gasteiger partial charge in [-0.1, -0.05) is 29.8 Å². The van der Waals surface area contributed by atoms with Crippen LogP contribution in [0.2, 0.25) is 0 Å². The van der Waals surface area contributed by atoms with Crippen LogP contribution >= 0.6 is 11.3 Å². The Kier molecular flexibility index (Phi) is 4.32. The summed E-state index contributed by atoms with van der Waals surface area (Å²) >= 11 is 1.56. The molecule has 1 aromatic heterocycles. The maximum absolute atomic E-state index is 11.5. The Bertz CT molecular complexity index is 572. The van der Waals surface area contributed by atoms with E-state index in [1.54, 1.807) is 11.3 Å². The number of aryl methyl sites for hydroxylation is 2. The second-order valence-corrected chi connectivity index (χ2v) is 5.65. The zero-order chi connectivity index (χ0) is 13.8. The summed E-state index contributed by atoms with van der Waals surface area (Å²) in [6.07, 6.45) is 0.255. The van der Waals surface area contributed by atoms with Crippen molar-refractivity contribution in [3.8, 4) is 11.3 Å². The van der Waals surface area contributed by atoms with E-state index in [2.05, 4.69) is 36.2 Å². The molecular formula is C15H17NO2S. The number of nitrogens with zero attached hydrogens (tertiary/aromatic N) is 1. The van der Waals surface area contributed by atoms with Gasteiger partial charge in [0.1, 0.15) is 5.01 Å². The fraction of sp³-hybridized carbons (Fsp3) is 0.333. The Balaban J connectivity index is 2.21. The third-order valence-corrected chi connectivity index (χ3v) is 3.74. The van der Waals surface area contributed by atoms with Gasteiger partial charge in [0.25, 0.3) is 0 Å².